The van der Waals surface area contributed by atoms with Crippen LogP contribution in [0.4, 0.5) is 4.79 Å². The Balaban J connectivity index is 1.36. The van der Waals surface area contributed by atoms with Gasteiger partial charge in [0.05, 0.1) is 18.1 Å². The maximum absolute atomic E-state index is 13.3. The van der Waals surface area contributed by atoms with E-state index in [0.29, 0.717) is 36.5 Å². The SMILES string of the molecule is COc1ccc2c3c1O[C@H]1C(OC(=O)CC[C@H](NC(=O)OC(C)(C)C)C(=O)OC(C)(C)C)=CC[C@@]4(O)[C@H](C2)N(C)CC[C@]314. The molecule has 2 N–H and O–H groups in total. The van der Waals surface area contributed by atoms with Gasteiger partial charge in [-0.05, 0) is 92.1 Å². The third-order valence-corrected chi connectivity index (χ3v) is 8.81. The van der Waals surface area contributed by atoms with E-state index in [1.807, 2.05) is 19.2 Å². The molecule has 0 radical (unpaired) electrons. The molecular formula is C32H44N2O9. The van der Waals surface area contributed by atoms with Crippen molar-refractivity contribution in [2.24, 2.45) is 0 Å². The second kappa shape index (κ2) is 10.7. The molecule has 2 bridgehead atoms. The predicted octanol–water partition coefficient (Wildman–Crippen LogP) is 3.53. The summed E-state index contributed by atoms with van der Waals surface area (Å²) in [6.45, 7) is 11.1. The molecule has 1 amide bonds. The number of ether oxygens (including phenoxy) is 5. The lowest BCUT2D eigenvalue weighted by molar-refractivity contribution is -0.169. The molecule has 1 aromatic rings. The van der Waals surface area contributed by atoms with E-state index in [2.05, 4.69) is 10.2 Å². The molecule has 2 aliphatic heterocycles. The molecule has 2 aliphatic carbocycles. The molecule has 1 spiro atoms. The number of carbonyl (C=O) groups is 3. The lowest BCUT2D eigenvalue weighted by Gasteiger charge is -2.61. The summed E-state index contributed by atoms with van der Waals surface area (Å²) in [6, 6.07) is 2.67. The van der Waals surface area contributed by atoms with Crippen LogP contribution in [0.15, 0.2) is 24.0 Å². The number of hydrogen-bond donors (Lipinski definition) is 2. The van der Waals surface area contributed by atoms with Gasteiger partial charge in [0.25, 0.3) is 0 Å². The quantitative estimate of drug-likeness (QED) is 0.354. The third kappa shape index (κ3) is 5.46. The molecule has 5 rings (SSSR count). The average Bonchev–Trinajstić information content (AvgIpc) is 3.24. The highest BCUT2D eigenvalue weighted by atomic mass is 16.6. The van der Waals surface area contributed by atoms with E-state index in [1.165, 1.54) is 0 Å². The first-order chi connectivity index (χ1) is 20.0. The normalized spacial score (nSPS) is 28.1. The number of alkyl carbamates (subject to hydrolysis) is 1. The first kappa shape index (κ1) is 31.1. The highest BCUT2D eigenvalue weighted by Gasteiger charge is 2.72. The average molecular weight is 601 g/mol. The molecule has 4 aliphatic rings. The van der Waals surface area contributed by atoms with Gasteiger partial charge >= 0.3 is 18.0 Å². The van der Waals surface area contributed by atoms with Crippen molar-refractivity contribution in [2.45, 2.75) is 114 Å². The van der Waals surface area contributed by atoms with Crippen molar-refractivity contribution in [2.75, 3.05) is 20.7 Å². The van der Waals surface area contributed by atoms with E-state index < -0.39 is 52.4 Å². The van der Waals surface area contributed by atoms with E-state index >= 15 is 0 Å². The number of aliphatic hydroxyl groups is 1. The Kier molecular flexibility index (Phi) is 7.74. The third-order valence-electron chi connectivity index (χ3n) is 8.81. The van der Waals surface area contributed by atoms with Gasteiger partial charge in [0, 0.05) is 24.4 Å². The lowest BCUT2D eigenvalue weighted by atomic mass is 9.50. The highest BCUT2D eigenvalue weighted by Crippen LogP contribution is 2.65. The summed E-state index contributed by atoms with van der Waals surface area (Å²) in [5.41, 5.74) is -1.45. The minimum atomic E-state index is -1.13. The van der Waals surface area contributed by atoms with Gasteiger partial charge in [-0.15, -0.1) is 0 Å². The zero-order valence-electron chi connectivity index (χ0n) is 26.4. The van der Waals surface area contributed by atoms with E-state index in [9.17, 15) is 19.5 Å². The summed E-state index contributed by atoms with van der Waals surface area (Å²) < 4.78 is 28.9. The molecule has 0 saturated carbocycles. The highest BCUT2D eigenvalue weighted by molar-refractivity contribution is 5.82. The summed E-state index contributed by atoms with van der Waals surface area (Å²) in [4.78, 5) is 40.9. The Labute approximate surface area is 252 Å². The van der Waals surface area contributed by atoms with Crippen molar-refractivity contribution in [1.82, 2.24) is 10.2 Å². The standard InChI is InChI=1S/C32H44N2O9/c1-29(2,3)42-27(36)19(33-28(37)43-30(4,5)6)10-12-23(35)40-21-13-14-32(38)22-17-18-9-11-20(39-8)25-24(18)31(32,26(21)41-25)15-16-34(22)7/h9,11,13,19,22,26,38H,10,12,14-17H2,1-8H3,(H,33,37)/t19-,22-,26-,31-,32+/m0/s1. The number of benzene rings is 1. The Bertz CT molecular complexity index is 1340. The van der Waals surface area contributed by atoms with Crippen molar-refractivity contribution in [3.05, 3.63) is 35.1 Å². The van der Waals surface area contributed by atoms with Gasteiger partial charge in [0.15, 0.2) is 17.6 Å². The van der Waals surface area contributed by atoms with Crippen LogP contribution in [0, 0.1) is 0 Å². The van der Waals surface area contributed by atoms with Crippen LogP contribution >= 0.6 is 0 Å². The van der Waals surface area contributed by atoms with Crippen LogP contribution < -0.4 is 14.8 Å². The molecular weight excluding hydrogens is 556 g/mol. The molecule has 1 fully saturated rings. The van der Waals surface area contributed by atoms with E-state index in [-0.39, 0.29) is 18.9 Å². The number of carbonyl (C=O) groups excluding carboxylic acids is 3. The van der Waals surface area contributed by atoms with Crippen LogP contribution in [0.2, 0.25) is 0 Å². The van der Waals surface area contributed by atoms with Gasteiger partial charge in [-0.3, -0.25) is 4.79 Å². The lowest BCUT2D eigenvalue weighted by Crippen LogP contribution is -2.74. The van der Waals surface area contributed by atoms with Crippen molar-refractivity contribution >= 4 is 18.0 Å². The number of esters is 2. The van der Waals surface area contributed by atoms with Crippen LogP contribution in [0.1, 0.15) is 78.4 Å². The number of nitrogens with one attached hydrogen (secondary N) is 1. The fourth-order valence-electron chi connectivity index (χ4n) is 7.10. The van der Waals surface area contributed by atoms with E-state index in [0.717, 1.165) is 17.7 Å². The van der Waals surface area contributed by atoms with Crippen molar-refractivity contribution in [3.63, 3.8) is 0 Å². The van der Waals surface area contributed by atoms with Gasteiger partial charge in [-0.2, -0.15) is 0 Å². The van der Waals surface area contributed by atoms with Crippen LogP contribution in [0.3, 0.4) is 0 Å². The summed E-state index contributed by atoms with van der Waals surface area (Å²) in [5.74, 6) is 0.210. The Morgan fingerprint density at radius 2 is 1.84 bits per heavy atom. The maximum Gasteiger partial charge on any atom is 0.408 e. The number of rotatable bonds is 7. The van der Waals surface area contributed by atoms with Gasteiger partial charge in [-0.1, -0.05) is 6.07 Å². The minimum Gasteiger partial charge on any atom is -0.493 e. The van der Waals surface area contributed by atoms with Crippen LogP contribution in [0.25, 0.3) is 0 Å². The molecule has 236 valence electrons. The molecule has 2 heterocycles. The van der Waals surface area contributed by atoms with Gasteiger partial charge in [0.1, 0.15) is 23.0 Å². The van der Waals surface area contributed by atoms with Crippen LogP contribution in [0.5, 0.6) is 11.5 Å². The number of piperidine rings is 1. The van der Waals surface area contributed by atoms with Crippen LogP contribution in [-0.4, -0.2) is 83.7 Å². The number of likely N-dealkylation sites (N-methyl/N-ethyl adjacent to an activating group) is 1. The number of likely N-dealkylation sites (tertiary alicyclic amines) is 1. The molecule has 0 unspecified atom stereocenters. The first-order valence-electron chi connectivity index (χ1n) is 14.9. The number of methoxy groups -OCH3 is 1. The van der Waals surface area contributed by atoms with Crippen molar-refractivity contribution in [1.29, 1.82) is 0 Å². The maximum atomic E-state index is 13.3. The number of nitrogens with zero attached hydrogens (tertiary/aromatic N) is 1. The molecule has 0 aromatic heterocycles. The number of hydrogen-bond acceptors (Lipinski definition) is 10. The van der Waals surface area contributed by atoms with Gasteiger partial charge in [0.2, 0.25) is 0 Å². The Hall–Kier alpha value is -3.31. The predicted molar refractivity (Wildman–Crippen MR) is 156 cm³/mol. The number of amides is 1. The van der Waals surface area contributed by atoms with Crippen molar-refractivity contribution < 1.29 is 43.2 Å². The molecule has 1 saturated heterocycles. The monoisotopic (exact) mass is 600 g/mol. The summed E-state index contributed by atoms with van der Waals surface area (Å²) in [6.07, 6.45) is 1.57. The molecule has 43 heavy (non-hydrogen) atoms. The second-order valence-electron chi connectivity index (χ2n) is 14.0. The van der Waals surface area contributed by atoms with E-state index in [1.54, 1.807) is 54.7 Å². The molecule has 5 atom stereocenters. The fourth-order valence-corrected chi connectivity index (χ4v) is 7.10. The minimum absolute atomic E-state index is 0.0636. The molecule has 11 nitrogen and oxygen atoms in total. The van der Waals surface area contributed by atoms with Crippen molar-refractivity contribution in [3.8, 4) is 11.5 Å². The zero-order valence-corrected chi connectivity index (χ0v) is 26.4. The smallest absolute Gasteiger partial charge is 0.408 e. The fraction of sp³-hybridized carbons (Fsp3) is 0.656. The summed E-state index contributed by atoms with van der Waals surface area (Å²) in [7, 11) is 3.61. The van der Waals surface area contributed by atoms with E-state index in [4.69, 9.17) is 23.7 Å². The Morgan fingerprint density at radius 3 is 2.49 bits per heavy atom. The van der Waals surface area contributed by atoms with Gasteiger partial charge in [-0.25, -0.2) is 9.59 Å². The van der Waals surface area contributed by atoms with Crippen LogP contribution in [-0.2, 0) is 35.6 Å². The topological polar surface area (TPSA) is 133 Å². The summed E-state index contributed by atoms with van der Waals surface area (Å²) >= 11 is 0. The summed E-state index contributed by atoms with van der Waals surface area (Å²) in [5, 5.41) is 14.9. The second-order valence-corrected chi connectivity index (χ2v) is 14.0. The first-order valence-corrected chi connectivity index (χ1v) is 14.9. The largest absolute Gasteiger partial charge is 0.493 e. The molecule has 11 heteroatoms. The van der Waals surface area contributed by atoms with Gasteiger partial charge < -0.3 is 39.0 Å². The zero-order chi connectivity index (χ0) is 31.5. The molecule has 1 aromatic carbocycles. The Morgan fingerprint density at radius 1 is 1.14 bits per heavy atom.